The molecule has 1 nitrogen and oxygen atoms in total. The fourth-order valence-electron chi connectivity index (χ4n) is 1.86. The van der Waals surface area contributed by atoms with E-state index in [1.54, 1.807) is 6.92 Å². The Labute approximate surface area is 76.6 Å². The molecule has 0 spiro atoms. The zero-order valence-electron chi connectivity index (χ0n) is 8.89. The van der Waals surface area contributed by atoms with Crippen LogP contribution in [0.2, 0.25) is 0 Å². The van der Waals surface area contributed by atoms with Gasteiger partial charge in [-0.15, -0.1) is 0 Å². The Morgan fingerprint density at radius 1 is 1.17 bits per heavy atom. The number of ketones is 1. The van der Waals surface area contributed by atoms with Crippen LogP contribution in [0.25, 0.3) is 0 Å². The molecular weight excluding hydrogens is 148 g/mol. The zero-order chi connectivity index (χ0) is 9.56. The number of Topliss-reactive ketones (excluding diaryl/α,β-unsaturated/α-hetero) is 1. The largest absolute Gasteiger partial charge is 0.300 e. The van der Waals surface area contributed by atoms with Crippen molar-refractivity contribution >= 4 is 5.78 Å². The third kappa shape index (κ3) is 3.89. The average Bonchev–Trinajstić information content (AvgIpc) is 1.99. The van der Waals surface area contributed by atoms with Gasteiger partial charge in [-0.1, -0.05) is 40.0 Å². The van der Waals surface area contributed by atoms with Gasteiger partial charge in [-0.2, -0.15) is 0 Å². The van der Waals surface area contributed by atoms with Crippen LogP contribution in [0.5, 0.6) is 0 Å². The summed E-state index contributed by atoms with van der Waals surface area (Å²) in [6.45, 7) is 8.26. The van der Waals surface area contributed by atoms with Crippen molar-refractivity contribution in [3.63, 3.8) is 0 Å². The molecule has 0 rings (SSSR count). The van der Waals surface area contributed by atoms with Crippen LogP contribution in [-0.4, -0.2) is 5.78 Å². The molecule has 0 bridgehead atoms. The van der Waals surface area contributed by atoms with Gasteiger partial charge in [-0.25, -0.2) is 0 Å². The Morgan fingerprint density at radius 3 is 2.00 bits per heavy atom. The number of hydrogen-bond donors (Lipinski definition) is 0. The van der Waals surface area contributed by atoms with Gasteiger partial charge < -0.3 is 0 Å². The Kier molecular flexibility index (Phi) is 6.04. The molecule has 0 amide bonds. The van der Waals surface area contributed by atoms with E-state index in [-0.39, 0.29) is 0 Å². The molecule has 0 aromatic heterocycles. The normalized spacial score (nSPS) is 15.7. The molecule has 0 fully saturated rings. The van der Waals surface area contributed by atoms with Crippen LogP contribution in [-0.2, 0) is 4.79 Å². The van der Waals surface area contributed by atoms with Crippen molar-refractivity contribution < 1.29 is 4.79 Å². The van der Waals surface area contributed by atoms with E-state index in [1.807, 2.05) is 0 Å². The predicted octanol–water partition coefficient (Wildman–Crippen LogP) is 3.43. The summed E-state index contributed by atoms with van der Waals surface area (Å²) < 4.78 is 0. The van der Waals surface area contributed by atoms with Crippen molar-refractivity contribution in [1.82, 2.24) is 0 Å². The van der Waals surface area contributed by atoms with Gasteiger partial charge >= 0.3 is 0 Å². The first-order chi connectivity index (χ1) is 5.63. The van der Waals surface area contributed by atoms with Gasteiger partial charge in [0.25, 0.3) is 0 Å². The van der Waals surface area contributed by atoms with Gasteiger partial charge in [0.05, 0.1) is 0 Å². The van der Waals surface area contributed by atoms with Crippen LogP contribution in [0.1, 0.15) is 53.4 Å². The fourth-order valence-corrected chi connectivity index (χ4v) is 1.86. The third-order valence-corrected chi connectivity index (χ3v) is 2.55. The maximum Gasteiger partial charge on any atom is 0.133 e. The summed E-state index contributed by atoms with van der Waals surface area (Å²) >= 11 is 0. The van der Waals surface area contributed by atoms with Crippen LogP contribution < -0.4 is 0 Å². The maximum atomic E-state index is 11.3. The molecule has 0 aromatic rings. The van der Waals surface area contributed by atoms with Crippen LogP contribution in [0.15, 0.2) is 0 Å². The number of hydrogen-bond acceptors (Lipinski definition) is 1. The molecule has 1 heteroatoms. The Hall–Kier alpha value is -0.330. The monoisotopic (exact) mass is 170 g/mol. The van der Waals surface area contributed by atoms with E-state index in [0.29, 0.717) is 17.6 Å². The lowest BCUT2D eigenvalue weighted by Gasteiger charge is -2.20. The van der Waals surface area contributed by atoms with Crippen molar-refractivity contribution in [2.75, 3.05) is 0 Å². The second-order valence-corrected chi connectivity index (χ2v) is 3.77. The molecule has 0 saturated heterocycles. The van der Waals surface area contributed by atoms with E-state index in [2.05, 4.69) is 20.8 Å². The summed E-state index contributed by atoms with van der Waals surface area (Å²) in [5.41, 5.74) is 0. The number of carbonyl (C=O) groups excluding carboxylic acids is 1. The Balaban J connectivity index is 3.99. The topological polar surface area (TPSA) is 17.1 Å². The lowest BCUT2D eigenvalue weighted by atomic mass is 9.84. The van der Waals surface area contributed by atoms with Crippen molar-refractivity contribution in [1.29, 1.82) is 0 Å². The summed E-state index contributed by atoms with van der Waals surface area (Å²) in [4.78, 5) is 11.3. The Morgan fingerprint density at radius 2 is 1.67 bits per heavy atom. The van der Waals surface area contributed by atoms with Gasteiger partial charge in [0, 0.05) is 5.92 Å². The summed E-state index contributed by atoms with van der Waals surface area (Å²) in [5.74, 6) is 1.26. The van der Waals surface area contributed by atoms with Gasteiger partial charge in [0.1, 0.15) is 5.78 Å². The van der Waals surface area contributed by atoms with Crippen molar-refractivity contribution in [3.05, 3.63) is 0 Å². The number of rotatable bonds is 6. The van der Waals surface area contributed by atoms with Gasteiger partial charge in [0.2, 0.25) is 0 Å². The van der Waals surface area contributed by atoms with E-state index in [4.69, 9.17) is 0 Å². The van der Waals surface area contributed by atoms with E-state index in [9.17, 15) is 4.79 Å². The SMILES string of the molecule is CCCC(C)C(CCC)C(C)=O. The molecule has 0 aliphatic rings. The first kappa shape index (κ1) is 11.7. The molecule has 12 heavy (non-hydrogen) atoms. The second-order valence-electron chi connectivity index (χ2n) is 3.77. The smallest absolute Gasteiger partial charge is 0.133 e. The van der Waals surface area contributed by atoms with Gasteiger partial charge in [0.15, 0.2) is 0 Å². The predicted molar refractivity (Wildman–Crippen MR) is 53.2 cm³/mol. The molecule has 2 unspecified atom stereocenters. The Bertz CT molecular complexity index is 129. The lowest BCUT2D eigenvalue weighted by Crippen LogP contribution is -2.19. The average molecular weight is 170 g/mol. The van der Waals surface area contributed by atoms with Crippen molar-refractivity contribution in [2.24, 2.45) is 11.8 Å². The molecule has 0 aromatic carbocycles. The molecule has 0 radical (unpaired) electrons. The highest BCUT2D eigenvalue weighted by Crippen LogP contribution is 2.22. The van der Waals surface area contributed by atoms with E-state index in [1.165, 1.54) is 12.8 Å². The van der Waals surface area contributed by atoms with Crippen LogP contribution >= 0.6 is 0 Å². The van der Waals surface area contributed by atoms with Crippen molar-refractivity contribution in [2.45, 2.75) is 53.4 Å². The summed E-state index contributed by atoms with van der Waals surface area (Å²) in [6, 6.07) is 0. The van der Waals surface area contributed by atoms with Crippen molar-refractivity contribution in [3.8, 4) is 0 Å². The lowest BCUT2D eigenvalue weighted by molar-refractivity contribution is -0.122. The molecule has 0 saturated carbocycles. The molecule has 2 atom stereocenters. The highest BCUT2D eigenvalue weighted by atomic mass is 16.1. The minimum Gasteiger partial charge on any atom is -0.300 e. The third-order valence-electron chi connectivity index (χ3n) is 2.55. The summed E-state index contributed by atoms with van der Waals surface area (Å²) in [7, 11) is 0. The fraction of sp³-hybridized carbons (Fsp3) is 0.909. The van der Waals surface area contributed by atoms with Crippen LogP contribution in [0.3, 0.4) is 0 Å². The summed E-state index contributed by atoms with van der Waals surface area (Å²) in [6.07, 6.45) is 4.56. The van der Waals surface area contributed by atoms with E-state index in [0.717, 1.165) is 12.8 Å². The molecule has 0 N–H and O–H groups in total. The van der Waals surface area contributed by atoms with E-state index < -0.39 is 0 Å². The molecule has 0 aliphatic heterocycles. The minimum atomic E-state index is 0.315. The molecular formula is C11H22O. The molecule has 72 valence electrons. The standard InChI is InChI=1S/C11H22O/c1-5-7-9(3)11(8-6-2)10(4)12/h9,11H,5-8H2,1-4H3. The molecule has 0 aliphatic carbocycles. The second kappa shape index (κ2) is 6.22. The van der Waals surface area contributed by atoms with Gasteiger partial charge in [-0.3, -0.25) is 4.79 Å². The minimum absolute atomic E-state index is 0.315. The van der Waals surface area contributed by atoms with Gasteiger partial charge in [-0.05, 0) is 19.3 Å². The highest BCUT2D eigenvalue weighted by molar-refractivity contribution is 5.78. The maximum absolute atomic E-state index is 11.3. The first-order valence-corrected chi connectivity index (χ1v) is 5.13. The summed E-state index contributed by atoms with van der Waals surface area (Å²) in [5, 5.41) is 0. The number of carbonyl (C=O) groups is 1. The first-order valence-electron chi connectivity index (χ1n) is 5.13. The zero-order valence-corrected chi connectivity index (χ0v) is 8.89. The van der Waals surface area contributed by atoms with Crippen LogP contribution in [0, 0.1) is 11.8 Å². The quantitative estimate of drug-likeness (QED) is 0.597. The molecule has 0 heterocycles. The highest BCUT2D eigenvalue weighted by Gasteiger charge is 2.19. The van der Waals surface area contributed by atoms with Crippen LogP contribution in [0.4, 0.5) is 0 Å². The van der Waals surface area contributed by atoms with E-state index >= 15 is 0 Å².